The number of nitrogens with one attached hydrogen (secondary N) is 1. The fourth-order valence-electron chi connectivity index (χ4n) is 1.73. The molecule has 1 atom stereocenters. The molecule has 0 heterocycles. The second-order valence-electron chi connectivity index (χ2n) is 4.84. The Morgan fingerprint density at radius 2 is 1.88 bits per heavy atom. The maximum absolute atomic E-state index is 11.9. The van der Waals surface area contributed by atoms with Crippen molar-refractivity contribution < 1.29 is 19.6 Å². The lowest BCUT2D eigenvalue weighted by atomic mass is 10.2. The van der Waals surface area contributed by atoms with E-state index in [0.717, 1.165) is 0 Å². The maximum atomic E-state index is 11.9. The van der Waals surface area contributed by atoms with Crippen LogP contribution in [0, 0.1) is 10.1 Å². The molecule has 0 bridgehead atoms. The van der Waals surface area contributed by atoms with Crippen LogP contribution in [0.3, 0.4) is 0 Å². The molecular formula is C16H15N3O5. The van der Waals surface area contributed by atoms with E-state index < -0.39 is 16.9 Å². The maximum Gasteiger partial charge on any atom is 0.280 e. The van der Waals surface area contributed by atoms with Crippen LogP contribution < -0.4 is 10.2 Å². The van der Waals surface area contributed by atoms with Crippen molar-refractivity contribution in [2.45, 2.75) is 13.0 Å². The van der Waals surface area contributed by atoms with Gasteiger partial charge in [0.05, 0.1) is 11.1 Å². The van der Waals surface area contributed by atoms with Gasteiger partial charge < -0.3 is 9.84 Å². The van der Waals surface area contributed by atoms with E-state index in [9.17, 15) is 14.9 Å². The highest BCUT2D eigenvalue weighted by Gasteiger charge is 2.14. The van der Waals surface area contributed by atoms with E-state index in [-0.39, 0.29) is 11.4 Å². The second kappa shape index (κ2) is 7.73. The summed E-state index contributed by atoms with van der Waals surface area (Å²) in [7, 11) is 0. The summed E-state index contributed by atoms with van der Waals surface area (Å²) >= 11 is 0. The number of phenolic OH excluding ortho intramolecular Hbond substituents is 1. The van der Waals surface area contributed by atoms with Gasteiger partial charge in [-0.15, -0.1) is 0 Å². The zero-order valence-electron chi connectivity index (χ0n) is 12.7. The minimum Gasteiger partial charge on any atom is -0.508 e. The Morgan fingerprint density at radius 3 is 2.46 bits per heavy atom. The number of nitrogens with zero attached hydrogens (tertiary/aromatic N) is 2. The third-order valence-corrected chi connectivity index (χ3v) is 3.01. The molecule has 0 radical (unpaired) electrons. The van der Waals surface area contributed by atoms with Crippen molar-refractivity contribution >= 4 is 17.8 Å². The number of hydrogen-bond acceptors (Lipinski definition) is 6. The number of phenols is 1. The SMILES string of the molecule is C[C@H](Oc1ccc([N+](=O)[O-])cc1)C(=O)N/N=C\c1ccc(O)cc1. The average molecular weight is 329 g/mol. The fraction of sp³-hybridized carbons (Fsp3) is 0.125. The number of hydrazone groups is 1. The van der Waals surface area contributed by atoms with Crippen LogP contribution in [-0.2, 0) is 4.79 Å². The van der Waals surface area contributed by atoms with E-state index in [2.05, 4.69) is 10.5 Å². The van der Waals surface area contributed by atoms with E-state index in [1.807, 2.05) is 0 Å². The molecule has 8 nitrogen and oxygen atoms in total. The first kappa shape index (κ1) is 16.9. The van der Waals surface area contributed by atoms with E-state index in [1.165, 1.54) is 49.5 Å². The molecule has 0 saturated heterocycles. The van der Waals surface area contributed by atoms with Gasteiger partial charge in [-0.2, -0.15) is 5.10 Å². The molecule has 2 rings (SSSR count). The van der Waals surface area contributed by atoms with Gasteiger partial charge in [0.2, 0.25) is 0 Å². The quantitative estimate of drug-likeness (QED) is 0.479. The molecule has 0 saturated carbocycles. The summed E-state index contributed by atoms with van der Waals surface area (Å²) < 4.78 is 5.39. The first-order valence-electron chi connectivity index (χ1n) is 6.99. The molecule has 2 N–H and O–H groups in total. The van der Waals surface area contributed by atoms with Gasteiger partial charge in [0.1, 0.15) is 11.5 Å². The van der Waals surface area contributed by atoms with Gasteiger partial charge in [-0.05, 0) is 48.9 Å². The van der Waals surface area contributed by atoms with Crippen LogP contribution in [0.25, 0.3) is 0 Å². The topological polar surface area (TPSA) is 114 Å². The third-order valence-electron chi connectivity index (χ3n) is 3.01. The first-order valence-corrected chi connectivity index (χ1v) is 6.99. The summed E-state index contributed by atoms with van der Waals surface area (Å²) in [4.78, 5) is 21.9. The first-order chi connectivity index (χ1) is 11.5. The molecule has 8 heteroatoms. The number of hydrogen-bond donors (Lipinski definition) is 2. The zero-order chi connectivity index (χ0) is 17.5. The molecule has 2 aromatic rings. The van der Waals surface area contributed by atoms with E-state index >= 15 is 0 Å². The van der Waals surface area contributed by atoms with Gasteiger partial charge in [0, 0.05) is 12.1 Å². The minimum absolute atomic E-state index is 0.0575. The number of ether oxygens (including phenoxy) is 1. The van der Waals surface area contributed by atoms with Crippen LogP contribution in [0.15, 0.2) is 53.6 Å². The van der Waals surface area contributed by atoms with Crippen LogP contribution in [0.4, 0.5) is 5.69 Å². The highest BCUT2D eigenvalue weighted by atomic mass is 16.6. The summed E-state index contributed by atoms with van der Waals surface area (Å²) in [6.07, 6.45) is 0.596. The van der Waals surface area contributed by atoms with Crippen molar-refractivity contribution in [3.05, 3.63) is 64.2 Å². The highest BCUT2D eigenvalue weighted by molar-refractivity contribution is 5.84. The Morgan fingerprint density at radius 1 is 1.25 bits per heavy atom. The van der Waals surface area contributed by atoms with Crippen molar-refractivity contribution in [1.29, 1.82) is 0 Å². The Balaban J connectivity index is 1.87. The Kier molecular flexibility index (Phi) is 5.45. The van der Waals surface area contributed by atoms with E-state index in [4.69, 9.17) is 9.84 Å². The molecule has 124 valence electrons. The number of nitro benzene ring substituents is 1. The Hall–Kier alpha value is -3.42. The predicted molar refractivity (Wildman–Crippen MR) is 87.0 cm³/mol. The summed E-state index contributed by atoms with van der Waals surface area (Å²) in [5.41, 5.74) is 2.98. The van der Waals surface area contributed by atoms with Crippen LogP contribution in [-0.4, -0.2) is 28.3 Å². The van der Waals surface area contributed by atoms with Crippen molar-refractivity contribution in [1.82, 2.24) is 5.43 Å². The number of aromatic hydroxyl groups is 1. The highest BCUT2D eigenvalue weighted by Crippen LogP contribution is 2.18. The van der Waals surface area contributed by atoms with Crippen LogP contribution in [0.5, 0.6) is 11.5 Å². The smallest absolute Gasteiger partial charge is 0.280 e. The fourth-order valence-corrected chi connectivity index (χ4v) is 1.73. The molecule has 0 fully saturated rings. The summed E-state index contributed by atoms with van der Waals surface area (Å²) in [5.74, 6) is 0.00968. The number of rotatable bonds is 6. The molecule has 0 aromatic heterocycles. The summed E-state index contributed by atoms with van der Waals surface area (Å²) in [6, 6.07) is 11.7. The Labute approximate surface area is 137 Å². The van der Waals surface area contributed by atoms with Crippen molar-refractivity contribution in [2.24, 2.45) is 5.10 Å². The van der Waals surface area contributed by atoms with Crippen molar-refractivity contribution in [2.75, 3.05) is 0 Å². The minimum atomic E-state index is -0.830. The van der Waals surface area contributed by atoms with Gasteiger partial charge in [-0.25, -0.2) is 5.43 Å². The van der Waals surface area contributed by atoms with Crippen molar-refractivity contribution in [3.63, 3.8) is 0 Å². The average Bonchev–Trinajstić information content (AvgIpc) is 2.57. The Bertz CT molecular complexity index is 741. The molecule has 0 aliphatic heterocycles. The largest absolute Gasteiger partial charge is 0.508 e. The molecule has 24 heavy (non-hydrogen) atoms. The third kappa shape index (κ3) is 4.80. The lowest BCUT2D eigenvalue weighted by Crippen LogP contribution is -2.33. The number of carbonyl (C=O) groups is 1. The van der Waals surface area contributed by atoms with Crippen molar-refractivity contribution in [3.8, 4) is 11.5 Å². The van der Waals surface area contributed by atoms with Gasteiger partial charge in [-0.3, -0.25) is 14.9 Å². The van der Waals surface area contributed by atoms with Crippen LogP contribution >= 0.6 is 0 Å². The molecule has 1 amide bonds. The molecular weight excluding hydrogens is 314 g/mol. The summed E-state index contributed by atoms with van der Waals surface area (Å²) in [6.45, 7) is 1.53. The molecule has 0 aliphatic carbocycles. The molecule has 0 spiro atoms. The monoisotopic (exact) mass is 329 g/mol. The van der Waals surface area contributed by atoms with Crippen LogP contribution in [0.2, 0.25) is 0 Å². The number of non-ortho nitro benzene ring substituents is 1. The van der Waals surface area contributed by atoms with Gasteiger partial charge in [-0.1, -0.05) is 0 Å². The zero-order valence-corrected chi connectivity index (χ0v) is 12.7. The standard InChI is InChI=1S/C16H15N3O5/c1-11(24-15-8-4-13(5-9-15)19(22)23)16(21)18-17-10-12-2-6-14(20)7-3-12/h2-11,20H,1H3,(H,18,21)/b17-10-/t11-/m0/s1. The molecule has 0 unspecified atom stereocenters. The molecule has 0 aliphatic rings. The summed E-state index contributed by atoms with van der Waals surface area (Å²) in [5, 5.41) is 23.5. The second-order valence-corrected chi connectivity index (χ2v) is 4.84. The normalized spacial score (nSPS) is 11.9. The number of benzene rings is 2. The lowest BCUT2D eigenvalue weighted by molar-refractivity contribution is -0.384. The van der Waals surface area contributed by atoms with Gasteiger partial charge >= 0.3 is 0 Å². The number of carbonyl (C=O) groups excluding carboxylic acids is 1. The lowest BCUT2D eigenvalue weighted by Gasteiger charge is -2.12. The van der Waals surface area contributed by atoms with E-state index in [0.29, 0.717) is 11.3 Å². The van der Waals surface area contributed by atoms with E-state index in [1.54, 1.807) is 12.1 Å². The predicted octanol–water partition coefficient (Wildman–Crippen LogP) is 2.22. The van der Waals surface area contributed by atoms with Crippen LogP contribution in [0.1, 0.15) is 12.5 Å². The number of nitro groups is 1. The van der Waals surface area contributed by atoms with Gasteiger partial charge in [0.15, 0.2) is 6.10 Å². The number of amides is 1. The molecule has 2 aromatic carbocycles. The van der Waals surface area contributed by atoms with Gasteiger partial charge in [0.25, 0.3) is 11.6 Å².